The number of nitrogens with two attached hydrogens (primary N) is 1. The lowest BCUT2D eigenvalue weighted by Crippen LogP contribution is -2.18. The predicted octanol–water partition coefficient (Wildman–Crippen LogP) is 0.320. The van der Waals surface area contributed by atoms with E-state index in [1.807, 2.05) is 6.92 Å². The van der Waals surface area contributed by atoms with Crippen LogP contribution in [0.3, 0.4) is 0 Å². The first kappa shape index (κ1) is 11.2. The molecule has 0 bridgehead atoms. The second-order valence-electron chi connectivity index (χ2n) is 3.60. The molecule has 17 heavy (non-hydrogen) atoms. The number of carbonyl (C=O) groups excluding carboxylic acids is 1. The average Bonchev–Trinajstić information content (AvgIpc) is 2.88. The first-order valence-electron chi connectivity index (χ1n) is 5.27. The summed E-state index contributed by atoms with van der Waals surface area (Å²) in [6.07, 6.45) is 6.49. The molecule has 7 heteroatoms. The number of hydrogen-bond donors (Lipinski definition) is 2. The molecule has 0 radical (unpaired) electrons. The molecule has 0 aromatic carbocycles. The molecule has 90 valence electrons. The lowest BCUT2D eigenvalue weighted by Gasteiger charge is -2.02. The highest BCUT2D eigenvalue weighted by atomic mass is 16.2. The summed E-state index contributed by atoms with van der Waals surface area (Å²) in [5.41, 5.74) is 6.72. The van der Waals surface area contributed by atoms with Crippen molar-refractivity contribution < 1.29 is 4.79 Å². The molecule has 0 fully saturated rings. The van der Waals surface area contributed by atoms with Gasteiger partial charge in [0.15, 0.2) is 0 Å². The number of nitrogens with zero attached hydrogens (tertiary/aromatic N) is 4. The SMILES string of the molecule is CCn1cc(NC(=O)Cn2cc(N)cn2)cn1. The summed E-state index contributed by atoms with van der Waals surface area (Å²) in [6.45, 7) is 2.88. The van der Waals surface area contributed by atoms with Gasteiger partial charge in [0.1, 0.15) is 6.54 Å². The summed E-state index contributed by atoms with van der Waals surface area (Å²) < 4.78 is 3.22. The molecule has 0 saturated heterocycles. The maximum atomic E-state index is 11.6. The lowest BCUT2D eigenvalue weighted by atomic mass is 10.5. The van der Waals surface area contributed by atoms with E-state index in [-0.39, 0.29) is 12.5 Å². The molecule has 7 nitrogen and oxygen atoms in total. The third kappa shape index (κ3) is 2.83. The first-order chi connectivity index (χ1) is 8.17. The van der Waals surface area contributed by atoms with Gasteiger partial charge >= 0.3 is 0 Å². The van der Waals surface area contributed by atoms with Crippen LogP contribution in [0.2, 0.25) is 0 Å². The van der Waals surface area contributed by atoms with E-state index in [1.54, 1.807) is 23.3 Å². The Bertz CT molecular complexity index is 514. The standard InChI is InChI=1S/C10H14N6O/c1-2-15-6-9(4-13-15)14-10(17)7-16-5-8(11)3-12-16/h3-6H,2,7,11H2,1H3,(H,14,17). The quantitative estimate of drug-likeness (QED) is 0.797. The normalized spacial score (nSPS) is 10.4. The summed E-state index contributed by atoms with van der Waals surface area (Å²) in [5, 5.41) is 10.7. The minimum absolute atomic E-state index is 0.133. The monoisotopic (exact) mass is 234 g/mol. The molecule has 1 amide bonds. The molecular weight excluding hydrogens is 220 g/mol. The van der Waals surface area contributed by atoms with Crippen LogP contribution in [0.5, 0.6) is 0 Å². The molecule has 0 aliphatic heterocycles. The molecule has 0 aliphatic rings. The van der Waals surface area contributed by atoms with Crippen LogP contribution in [0.4, 0.5) is 11.4 Å². The van der Waals surface area contributed by atoms with Crippen molar-refractivity contribution in [2.24, 2.45) is 0 Å². The molecule has 2 heterocycles. The maximum absolute atomic E-state index is 11.6. The maximum Gasteiger partial charge on any atom is 0.246 e. The number of amides is 1. The number of carbonyl (C=O) groups is 1. The van der Waals surface area contributed by atoms with Crippen LogP contribution in [0.25, 0.3) is 0 Å². The number of aryl methyl sites for hydroxylation is 1. The van der Waals surface area contributed by atoms with Gasteiger partial charge in [-0.25, -0.2) is 0 Å². The van der Waals surface area contributed by atoms with Gasteiger partial charge < -0.3 is 11.1 Å². The van der Waals surface area contributed by atoms with Crippen molar-refractivity contribution in [1.82, 2.24) is 19.6 Å². The van der Waals surface area contributed by atoms with Crippen LogP contribution in [0, 0.1) is 0 Å². The van der Waals surface area contributed by atoms with E-state index < -0.39 is 0 Å². The minimum atomic E-state index is -0.163. The molecule has 2 rings (SSSR count). The van der Waals surface area contributed by atoms with Crippen LogP contribution < -0.4 is 11.1 Å². The Morgan fingerprint density at radius 1 is 1.35 bits per heavy atom. The summed E-state index contributed by atoms with van der Waals surface area (Å²) in [4.78, 5) is 11.6. The minimum Gasteiger partial charge on any atom is -0.396 e. The fraction of sp³-hybridized carbons (Fsp3) is 0.300. The molecule has 3 N–H and O–H groups in total. The van der Waals surface area contributed by atoms with E-state index in [9.17, 15) is 4.79 Å². The summed E-state index contributed by atoms with van der Waals surface area (Å²) in [5.74, 6) is -0.163. The number of anilines is 2. The summed E-state index contributed by atoms with van der Waals surface area (Å²) in [7, 11) is 0. The van der Waals surface area contributed by atoms with Crippen molar-refractivity contribution in [3.8, 4) is 0 Å². The molecule has 0 saturated carbocycles. The Labute approximate surface area is 98.2 Å². The van der Waals surface area contributed by atoms with Gasteiger partial charge in [-0.2, -0.15) is 10.2 Å². The van der Waals surface area contributed by atoms with Gasteiger partial charge in [-0.15, -0.1) is 0 Å². The number of aromatic nitrogens is 4. The number of rotatable bonds is 4. The summed E-state index contributed by atoms with van der Waals surface area (Å²) >= 11 is 0. The van der Waals surface area contributed by atoms with Gasteiger partial charge in [0.2, 0.25) is 5.91 Å². The number of hydrogen-bond acceptors (Lipinski definition) is 4. The zero-order valence-corrected chi connectivity index (χ0v) is 9.50. The fourth-order valence-corrected chi connectivity index (χ4v) is 1.41. The molecule has 2 aromatic heterocycles. The van der Waals surface area contributed by atoms with E-state index in [2.05, 4.69) is 15.5 Å². The second-order valence-corrected chi connectivity index (χ2v) is 3.60. The van der Waals surface area contributed by atoms with Gasteiger partial charge in [0, 0.05) is 18.9 Å². The Balaban J connectivity index is 1.93. The summed E-state index contributed by atoms with van der Waals surface area (Å²) in [6, 6.07) is 0. The smallest absolute Gasteiger partial charge is 0.246 e. The highest BCUT2D eigenvalue weighted by molar-refractivity contribution is 5.90. The molecule has 0 spiro atoms. The zero-order chi connectivity index (χ0) is 12.3. The van der Waals surface area contributed by atoms with Gasteiger partial charge in [-0.3, -0.25) is 14.2 Å². The highest BCUT2D eigenvalue weighted by Gasteiger charge is 2.05. The van der Waals surface area contributed by atoms with Crippen molar-refractivity contribution in [3.05, 3.63) is 24.8 Å². The third-order valence-electron chi connectivity index (χ3n) is 2.20. The fourth-order valence-electron chi connectivity index (χ4n) is 1.41. The topological polar surface area (TPSA) is 90.8 Å². The number of nitrogens with one attached hydrogen (secondary N) is 1. The molecule has 0 atom stereocenters. The van der Waals surface area contributed by atoms with Gasteiger partial charge in [-0.05, 0) is 6.92 Å². The lowest BCUT2D eigenvalue weighted by molar-refractivity contribution is -0.116. The Hall–Kier alpha value is -2.31. The Kier molecular flexibility index (Phi) is 3.08. The van der Waals surface area contributed by atoms with Crippen LogP contribution in [-0.2, 0) is 17.9 Å². The largest absolute Gasteiger partial charge is 0.396 e. The third-order valence-corrected chi connectivity index (χ3v) is 2.20. The van der Waals surface area contributed by atoms with Gasteiger partial charge in [0.25, 0.3) is 0 Å². The van der Waals surface area contributed by atoms with E-state index >= 15 is 0 Å². The highest BCUT2D eigenvalue weighted by Crippen LogP contribution is 2.05. The van der Waals surface area contributed by atoms with Crippen molar-refractivity contribution in [3.63, 3.8) is 0 Å². The second kappa shape index (κ2) is 4.69. The van der Waals surface area contributed by atoms with Crippen molar-refractivity contribution in [2.75, 3.05) is 11.1 Å². The van der Waals surface area contributed by atoms with Crippen LogP contribution in [-0.4, -0.2) is 25.5 Å². The van der Waals surface area contributed by atoms with Crippen molar-refractivity contribution in [1.29, 1.82) is 0 Å². The van der Waals surface area contributed by atoms with E-state index in [1.165, 1.54) is 10.9 Å². The van der Waals surface area contributed by atoms with Gasteiger partial charge in [-0.1, -0.05) is 0 Å². The zero-order valence-electron chi connectivity index (χ0n) is 9.50. The van der Waals surface area contributed by atoms with Gasteiger partial charge in [0.05, 0.1) is 23.8 Å². The van der Waals surface area contributed by atoms with Crippen molar-refractivity contribution >= 4 is 17.3 Å². The predicted molar refractivity (Wildman–Crippen MR) is 63.2 cm³/mol. The average molecular weight is 234 g/mol. The number of nitrogen functional groups attached to an aromatic ring is 1. The van der Waals surface area contributed by atoms with E-state index in [4.69, 9.17) is 5.73 Å². The Morgan fingerprint density at radius 2 is 2.12 bits per heavy atom. The molecular formula is C10H14N6O. The van der Waals surface area contributed by atoms with Crippen LogP contribution >= 0.6 is 0 Å². The van der Waals surface area contributed by atoms with Crippen LogP contribution in [0.15, 0.2) is 24.8 Å². The molecule has 0 aliphatic carbocycles. The van der Waals surface area contributed by atoms with E-state index in [0.717, 1.165) is 6.54 Å². The first-order valence-corrected chi connectivity index (χ1v) is 5.27. The molecule has 2 aromatic rings. The van der Waals surface area contributed by atoms with Crippen LogP contribution in [0.1, 0.15) is 6.92 Å². The Morgan fingerprint density at radius 3 is 2.71 bits per heavy atom. The van der Waals surface area contributed by atoms with E-state index in [0.29, 0.717) is 11.4 Å². The molecule has 0 unspecified atom stereocenters. The van der Waals surface area contributed by atoms with Crippen molar-refractivity contribution in [2.45, 2.75) is 20.0 Å².